The molecule has 27 nitrogen and oxygen atoms in total. The fourth-order valence-corrected chi connectivity index (χ4v) is 11.2. The van der Waals surface area contributed by atoms with Crippen molar-refractivity contribution in [3.63, 3.8) is 0 Å². The summed E-state index contributed by atoms with van der Waals surface area (Å²) in [5, 5.41) is 23.6. The average molecular weight is 1290 g/mol. The average Bonchev–Trinajstić information content (AvgIpc) is 1.000. The van der Waals surface area contributed by atoms with Crippen molar-refractivity contribution in [3.05, 3.63) is 147 Å². The number of ether oxygens (including phenoxy) is 8. The van der Waals surface area contributed by atoms with E-state index in [9.17, 15) is 57.8 Å². The van der Waals surface area contributed by atoms with Crippen LogP contribution in [0.25, 0.3) is 11.1 Å². The Morgan fingerprint density at radius 3 is 2.12 bits per heavy atom. The second-order valence-electron chi connectivity index (χ2n) is 21.8. The van der Waals surface area contributed by atoms with E-state index in [0.29, 0.717) is 33.8 Å². The number of amides is 8. The number of piperidine rings is 1. The lowest BCUT2D eigenvalue weighted by Crippen LogP contribution is -2.64. The molecule has 9 rings (SSSR count). The zero-order valence-corrected chi connectivity index (χ0v) is 51.1. The highest BCUT2D eigenvalue weighted by molar-refractivity contribution is 6.31. The third kappa shape index (κ3) is 16.6. The molecular weight excluding hydrogens is 1220 g/mol. The third-order valence-electron chi connectivity index (χ3n) is 15.3. The number of aliphatic carboxylic acids is 1. The minimum atomic E-state index is -2.04. The predicted octanol–water partition coefficient (Wildman–Crippen LogP) is 6.10. The standard InChI is InChI=1S/C64H66ClN7O20/c1-34(73)88-54-55(89-35(2)74)57(90-36(3)75)61(92-56(54)60(80)81)91-51-19-14-38(28-49(51)69-53(77)21-23-66-63(83)86-33-47-45-11-7-5-9-43(45)44-10-6-8-12-46(44)47)32-87-64(84)71(4)24-26-85-25-22-39-15-16-41(29-48(39)65)68-62(82)67-30-37-13-17-42-40(27-37)31-72(59(42)79)50-18-20-52(76)70-58(50)78/h5-17,19,27-29,47,50,54-57,61H,18,20-26,30-33H2,1-4H3,(H,66,83)(H,69,77)(H,80,81)(H2,67,68,82)(H,70,76,78)/t50?,54-,55-,56-,57+,61+/m0/s1. The lowest BCUT2D eigenvalue weighted by molar-refractivity contribution is -0.281. The van der Waals surface area contributed by atoms with E-state index >= 15 is 0 Å². The first-order valence-corrected chi connectivity index (χ1v) is 29.6. The maximum Gasteiger partial charge on any atom is 0.409 e. The van der Waals surface area contributed by atoms with Crippen LogP contribution >= 0.6 is 11.6 Å². The minimum Gasteiger partial charge on any atom is -0.479 e. The maximum atomic E-state index is 13.7. The van der Waals surface area contributed by atoms with Gasteiger partial charge in [0.25, 0.3) is 5.91 Å². The molecule has 2 saturated heterocycles. The number of hydrogen-bond acceptors (Lipinski definition) is 19. The number of urea groups is 1. The van der Waals surface area contributed by atoms with Crippen LogP contribution in [0.5, 0.6) is 5.75 Å². The molecular formula is C64H66ClN7O20. The number of esters is 3. The Balaban J connectivity index is 0.765. The number of likely N-dealkylation sites (N-methyl/N-ethyl adjacent to an activating group) is 1. The van der Waals surface area contributed by atoms with Gasteiger partial charge in [-0.2, -0.15) is 0 Å². The Kier molecular flexibility index (Phi) is 21.7. The predicted molar refractivity (Wildman–Crippen MR) is 323 cm³/mol. The number of hydrogen-bond donors (Lipinski definition) is 6. The first-order chi connectivity index (χ1) is 44.1. The Bertz CT molecular complexity index is 3650. The number of imide groups is 1. The van der Waals surface area contributed by atoms with Crippen molar-refractivity contribution in [1.29, 1.82) is 0 Å². The molecule has 6 N–H and O–H groups in total. The van der Waals surface area contributed by atoms with E-state index in [1.54, 1.807) is 36.4 Å². The van der Waals surface area contributed by atoms with Crippen LogP contribution in [0, 0.1) is 0 Å². The first kappa shape index (κ1) is 66.3. The van der Waals surface area contributed by atoms with Gasteiger partial charge in [0.1, 0.15) is 25.0 Å². The third-order valence-corrected chi connectivity index (χ3v) is 15.6. The second-order valence-corrected chi connectivity index (χ2v) is 22.2. The molecule has 484 valence electrons. The molecule has 0 radical (unpaired) electrons. The molecule has 4 aliphatic rings. The van der Waals surface area contributed by atoms with Gasteiger partial charge >= 0.3 is 42.1 Å². The van der Waals surface area contributed by atoms with E-state index in [1.807, 2.05) is 48.5 Å². The molecule has 5 aromatic carbocycles. The summed E-state index contributed by atoms with van der Waals surface area (Å²) in [5.41, 5.74) is 7.34. The van der Waals surface area contributed by atoms with Crippen molar-refractivity contribution >= 4 is 88.7 Å². The molecule has 3 aliphatic heterocycles. The molecule has 0 saturated carbocycles. The van der Waals surface area contributed by atoms with Crippen LogP contribution in [-0.2, 0) is 92.8 Å². The molecule has 6 atom stereocenters. The van der Waals surface area contributed by atoms with Crippen molar-refractivity contribution in [2.24, 2.45) is 0 Å². The summed E-state index contributed by atoms with van der Waals surface area (Å²) in [6, 6.07) is 28.7. The zero-order chi connectivity index (χ0) is 65.8. The molecule has 28 heteroatoms. The molecule has 2 fully saturated rings. The van der Waals surface area contributed by atoms with Gasteiger partial charge in [-0.25, -0.2) is 19.2 Å². The Morgan fingerprint density at radius 1 is 0.750 bits per heavy atom. The van der Waals surface area contributed by atoms with Crippen molar-refractivity contribution in [2.45, 2.75) is 109 Å². The largest absolute Gasteiger partial charge is 0.479 e. The van der Waals surface area contributed by atoms with Crippen molar-refractivity contribution in [1.82, 2.24) is 25.8 Å². The van der Waals surface area contributed by atoms with Gasteiger partial charge in [-0.3, -0.25) is 38.9 Å². The summed E-state index contributed by atoms with van der Waals surface area (Å²) in [4.78, 5) is 142. The van der Waals surface area contributed by atoms with Crippen LogP contribution in [0.1, 0.15) is 89.7 Å². The quantitative estimate of drug-likeness (QED) is 0.0176. The van der Waals surface area contributed by atoms with Gasteiger partial charge in [0, 0.05) is 89.0 Å². The lowest BCUT2D eigenvalue weighted by atomic mass is 9.97. The van der Waals surface area contributed by atoms with Gasteiger partial charge < -0.3 is 74.1 Å². The van der Waals surface area contributed by atoms with Crippen LogP contribution in [0.15, 0.2) is 103 Å². The molecule has 0 bridgehead atoms. The first-order valence-electron chi connectivity index (χ1n) is 29.2. The van der Waals surface area contributed by atoms with E-state index in [0.717, 1.165) is 54.2 Å². The fourth-order valence-electron chi connectivity index (χ4n) is 11.0. The molecule has 1 unspecified atom stereocenters. The van der Waals surface area contributed by atoms with E-state index in [-0.39, 0.29) is 101 Å². The van der Waals surface area contributed by atoms with Crippen molar-refractivity contribution < 1.29 is 95.7 Å². The molecule has 0 spiro atoms. The number of benzene rings is 5. The van der Waals surface area contributed by atoms with Gasteiger partial charge in [0.2, 0.25) is 30.1 Å². The Labute approximate surface area is 531 Å². The number of carbonyl (C=O) groups is 11. The molecule has 1 aliphatic carbocycles. The van der Waals surface area contributed by atoms with Crippen LogP contribution in [0.2, 0.25) is 5.02 Å². The van der Waals surface area contributed by atoms with Crippen LogP contribution in [0.4, 0.5) is 25.8 Å². The van der Waals surface area contributed by atoms with E-state index < -0.39 is 90.7 Å². The maximum absolute atomic E-state index is 13.7. The zero-order valence-electron chi connectivity index (χ0n) is 50.3. The van der Waals surface area contributed by atoms with Gasteiger partial charge in [0.05, 0.1) is 18.9 Å². The highest BCUT2D eigenvalue weighted by Crippen LogP contribution is 2.45. The fraction of sp³-hybridized carbons (Fsp3) is 0.359. The SMILES string of the molecule is CC(=O)O[C@@H]1[C@@H](OC(C)=O)[C@H](Oc2ccc(COC(=O)N(C)CCOCCc3ccc(NC(=O)NCc4ccc5c(c4)CN(C4CCC(=O)NC4=O)C5=O)cc3Cl)cc2NC(=O)CCNC(=O)OCC2c3ccccc3-c3ccccc32)O[C@H](C(=O)O)[C@H]1OC(C)=O. The van der Waals surface area contributed by atoms with Crippen LogP contribution in [-0.4, -0.2) is 157 Å². The summed E-state index contributed by atoms with van der Waals surface area (Å²) in [5.74, 6) is -6.82. The number of rotatable bonds is 24. The second kappa shape index (κ2) is 30.1. The highest BCUT2D eigenvalue weighted by atomic mass is 35.5. The summed E-state index contributed by atoms with van der Waals surface area (Å²) in [6.45, 7) is 3.20. The smallest absolute Gasteiger partial charge is 0.409 e. The number of carboxylic acids is 1. The van der Waals surface area contributed by atoms with E-state index in [4.69, 9.17) is 49.5 Å². The summed E-state index contributed by atoms with van der Waals surface area (Å²) in [7, 11) is 1.49. The van der Waals surface area contributed by atoms with Crippen molar-refractivity contribution in [3.8, 4) is 16.9 Å². The molecule has 5 aromatic rings. The van der Waals surface area contributed by atoms with Crippen LogP contribution in [0.3, 0.4) is 0 Å². The topological polar surface area (TPSA) is 348 Å². The number of nitrogens with one attached hydrogen (secondary N) is 5. The number of carbonyl (C=O) groups excluding carboxylic acids is 10. The lowest BCUT2D eigenvalue weighted by Gasteiger charge is -2.42. The molecule has 0 aromatic heterocycles. The molecule has 92 heavy (non-hydrogen) atoms. The monoisotopic (exact) mass is 1290 g/mol. The van der Waals surface area contributed by atoms with E-state index in [2.05, 4.69) is 26.6 Å². The number of nitrogens with zero attached hydrogens (tertiary/aromatic N) is 2. The number of halogens is 1. The van der Waals surface area contributed by atoms with Crippen molar-refractivity contribution in [2.75, 3.05) is 50.6 Å². The minimum absolute atomic E-state index is 0.0273. The number of anilines is 2. The summed E-state index contributed by atoms with van der Waals surface area (Å²) < 4.78 is 44.9. The van der Waals surface area contributed by atoms with Gasteiger partial charge in [-0.1, -0.05) is 84.4 Å². The Morgan fingerprint density at radius 2 is 1.43 bits per heavy atom. The Hall–Kier alpha value is -10.1. The summed E-state index contributed by atoms with van der Waals surface area (Å²) >= 11 is 6.58. The van der Waals surface area contributed by atoms with Gasteiger partial charge in [-0.05, 0) is 87.7 Å². The number of alkyl carbamates (subject to hydrolysis) is 1. The normalized spacial score (nSPS) is 18.8. The van der Waals surface area contributed by atoms with Crippen LogP contribution < -0.4 is 31.3 Å². The molecule has 3 heterocycles. The summed E-state index contributed by atoms with van der Waals surface area (Å²) in [6.07, 6.45) is -10.3. The van der Waals surface area contributed by atoms with Gasteiger partial charge in [0.15, 0.2) is 18.3 Å². The highest BCUT2D eigenvalue weighted by Gasteiger charge is 2.56. The molecule has 8 amide bonds. The van der Waals surface area contributed by atoms with E-state index in [1.165, 1.54) is 35.0 Å². The number of fused-ring (bicyclic) bond motifs is 4. The van der Waals surface area contributed by atoms with Gasteiger partial charge in [-0.15, -0.1) is 0 Å². The number of carboxylic acid groups (broad SMARTS) is 1.